The Labute approximate surface area is 206 Å². The first-order chi connectivity index (χ1) is 16.7. The highest BCUT2D eigenvalue weighted by atomic mass is 16.3. The van der Waals surface area contributed by atoms with Crippen molar-refractivity contribution in [2.75, 3.05) is 26.2 Å². The zero-order valence-corrected chi connectivity index (χ0v) is 20.9. The van der Waals surface area contributed by atoms with Crippen LogP contribution in [0.2, 0.25) is 0 Å². The molecule has 186 valence electrons. The number of β-amino-alcohol motifs (C(OH)–C–C–N with tert-alkyl or cyclic N) is 2. The van der Waals surface area contributed by atoms with Crippen LogP contribution in [0.15, 0.2) is 48.5 Å². The Bertz CT molecular complexity index is 799. The zero-order chi connectivity index (χ0) is 23.6. The van der Waals surface area contributed by atoms with Gasteiger partial charge in [0.2, 0.25) is 0 Å². The lowest BCUT2D eigenvalue weighted by Crippen LogP contribution is -2.36. The predicted molar refractivity (Wildman–Crippen MR) is 140 cm³/mol. The summed E-state index contributed by atoms with van der Waals surface area (Å²) in [6, 6.07) is 17.4. The fourth-order valence-electron chi connectivity index (χ4n) is 5.67. The lowest BCUT2D eigenvalue weighted by atomic mass is 9.99. The quantitative estimate of drug-likeness (QED) is 0.412. The maximum Gasteiger partial charge on any atom is 0.0667 e. The molecular weight excluding hydrogens is 420 g/mol. The number of nitrogens with zero attached hydrogens (tertiary/aromatic N) is 2. The van der Waals surface area contributed by atoms with E-state index in [4.69, 9.17) is 0 Å². The molecule has 0 fully saturated rings. The van der Waals surface area contributed by atoms with E-state index < -0.39 is 0 Å². The van der Waals surface area contributed by atoms with Crippen LogP contribution in [0.4, 0.5) is 0 Å². The Morgan fingerprint density at radius 1 is 0.559 bits per heavy atom. The second-order valence-corrected chi connectivity index (χ2v) is 10.5. The van der Waals surface area contributed by atoms with E-state index in [0.29, 0.717) is 0 Å². The molecule has 2 atom stereocenters. The second-order valence-electron chi connectivity index (χ2n) is 10.5. The van der Waals surface area contributed by atoms with E-state index in [9.17, 15) is 10.2 Å². The summed E-state index contributed by atoms with van der Waals surface area (Å²) in [5.74, 6) is 0. The van der Waals surface area contributed by atoms with Crippen LogP contribution in [0.1, 0.15) is 73.6 Å². The van der Waals surface area contributed by atoms with Gasteiger partial charge in [-0.25, -0.2) is 0 Å². The van der Waals surface area contributed by atoms with Crippen molar-refractivity contribution in [1.82, 2.24) is 9.80 Å². The van der Waals surface area contributed by atoms with Crippen molar-refractivity contribution in [3.63, 3.8) is 0 Å². The van der Waals surface area contributed by atoms with Crippen molar-refractivity contribution in [3.8, 4) is 0 Å². The van der Waals surface area contributed by atoms with E-state index in [1.807, 2.05) is 0 Å². The Hall–Kier alpha value is -1.72. The van der Waals surface area contributed by atoms with Crippen LogP contribution in [-0.4, -0.2) is 58.4 Å². The first-order valence-corrected chi connectivity index (χ1v) is 13.6. The number of aliphatic hydroxyl groups excluding tert-OH is 2. The molecule has 0 amide bonds. The largest absolute Gasteiger partial charge is 0.392 e. The van der Waals surface area contributed by atoms with Crippen LogP contribution >= 0.6 is 0 Å². The molecule has 0 aliphatic carbocycles. The summed E-state index contributed by atoms with van der Waals surface area (Å²) < 4.78 is 0. The zero-order valence-electron chi connectivity index (χ0n) is 20.9. The fourth-order valence-corrected chi connectivity index (χ4v) is 5.67. The summed E-state index contributed by atoms with van der Waals surface area (Å²) in [6.07, 6.45) is 10.7. The molecule has 2 N–H and O–H groups in total. The third-order valence-electron chi connectivity index (χ3n) is 7.68. The van der Waals surface area contributed by atoms with E-state index in [2.05, 4.69) is 58.3 Å². The van der Waals surface area contributed by atoms with Gasteiger partial charge < -0.3 is 10.2 Å². The molecule has 4 nitrogen and oxygen atoms in total. The van der Waals surface area contributed by atoms with Gasteiger partial charge in [0.25, 0.3) is 0 Å². The van der Waals surface area contributed by atoms with E-state index in [-0.39, 0.29) is 12.2 Å². The minimum Gasteiger partial charge on any atom is -0.392 e. The van der Waals surface area contributed by atoms with Gasteiger partial charge in [-0.05, 0) is 47.9 Å². The highest BCUT2D eigenvalue weighted by Gasteiger charge is 2.19. The molecule has 2 aromatic rings. The second kappa shape index (κ2) is 13.4. The molecule has 2 heterocycles. The number of rotatable bonds is 13. The molecule has 2 aliphatic rings. The fraction of sp³-hybridized carbons (Fsp3) is 0.600. The molecule has 2 aromatic carbocycles. The number of aliphatic hydroxyl groups is 2. The molecule has 0 saturated carbocycles. The van der Waals surface area contributed by atoms with Crippen molar-refractivity contribution >= 4 is 0 Å². The number of hydrogen-bond donors (Lipinski definition) is 2. The van der Waals surface area contributed by atoms with Crippen LogP contribution in [-0.2, 0) is 25.9 Å². The summed E-state index contributed by atoms with van der Waals surface area (Å²) in [5.41, 5.74) is 5.79. The Morgan fingerprint density at radius 3 is 1.38 bits per heavy atom. The number of unbranched alkanes of at least 4 members (excludes halogenated alkanes) is 5. The molecule has 0 spiro atoms. The molecule has 0 aromatic heterocycles. The van der Waals surface area contributed by atoms with E-state index >= 15 is 0 Å². The first-order valence-electron chi connectivity index (χ1n) is 13.6. The smallest absolute Gasteiger partial charge is 0.0667 e. The molecule has 0 unspecified atom stereocenters. The van der Waals surface area contributed by atoms with Crippen molar-refractivity contribution in [2.24, 2.45) is 0 Å². The van der Waals surface area contributed by atoms with Gasteiger partial charge in [0.05, 0.1) is 12.2 Å². The van der Waals surface area contributed by atoms with Gasteiger partial charge >= 0.3 is 0 Å². The molecule has 0 radical (unpaired) electrons. The van der Waals surface area contributed by atoms with Gasteiger partial charge in [-0.2, -0.15) is 0 Å². The van der Waals surface area contributed by atoms with E-state index in [1.54, 1.807) is 0 Å². The average Bonchev–Trinajstić information content (AvgIpc) is 2.85. The SMILES string of the molecule is O[C@H](CCCCCCCC[C@H](O)CN1CCc2ccccc2C1)CN1CCc2ccccc2C1. The third-order valence-corrected chi connectivity index (χ3v) is 7.68. The maximum atomic E-state index is 10.5. The van der Waals surface area contributed by atoms with Gasteiger partial charge in [0.1, 0.15) is 0 Å². The summed E-state index contributed by atoms with van der Waals surface area (Å²) in [5, 5.41) is 20.9. The monoisotopic (exact) mass is 464 g/mol. The summed E-state index contributed by atoms with van der Waals surface area (Å²) in [6.45, 7) is 5.67. The van der Waals surface area contributed by atoms with Crippen molar-refractivity contribution in [1.29, 1.82) is 0 Å². The number of hydrogen-bond acceptors (Lipinski definition) is 4. The van der Waals surface area contributed by atoms with Gasteiger partial charge in [0.15, 0.2) is 0 Å². The molecule has 4 heteroatoms. The van der Waals surface area contributed by atoms with Gasteiger partial charge in [-0.15, -0.1) is 0 Å². The van der Waals surface area contributed by atoms with Gasteiger partial charge in [-0.1, -0.05) is 87.1 Å². The van der Waals surface area contributed by atoms with E-state index in [0.717, 1.165) is 77.8 Å². The predicted octanol–water partition coefficient (Wildman–Crippen LogP) is 4.95. The Balaban J connectivity index is 0.987. The number of fused-ring (bicyclic) bond motifs is 2. The van der Waals surface area contributed by atoms with Crippen LogP contribution in [0.5, 0.6) is 0 Å². The van der Waals surface area contributed by atoms with Crippen LogP contribution in [0, 0.1) is 0 Å². The van der Waals surface area contributed by atoms with Crippen molar-refractivity contribution in [3.05, 3.63) is 70.8 Å². The maximum absolute atomic E-state index is 10.5. The lowest BCUT2D eigenvalue weighted by Gasteiger charge is -2.30. The van der Waals surface area contributed by atoms with Crippen molar-refractivity contribution in [2.45, 2.75) is 89.5 Å². The van der Waals surface area contributed by atoms with Crippen LogP contribution in [0.3, 0.4) is 0 Å². The normalized spacial score (nSPS) is 18.3. The van der Waals surface area contributed by atoms with Crippen LogP contribution in [0.25, 0.3) is 0 Å². The Morgan fingerprint density at radius 2 is 0.941 bits per heavy atom. The standard InChI is InChI=1S/C30H44N2O2/c33-29(23-31-19-17-25-11-7-9-13-27(25)21-31)15-5-3-1-2-4-6-16-30(34)24-32-20-18-26-12-8-10-14-28(26)22-32/h7-14,29-30,33-34H,1-6,15-24H2/t29-,30+. The van der Waals surface area contributed by atoms with Gasteiger partial charge in [0, 0.05) is 39.3 Å². The summed E-state index contributed by atoms with van der Waals surface area (Å²) in [7, 11) is 0. The van der Waals surface area contributed by atoms with E-state index in [1.165, 1.54) is 47.9 Å². The molecule has 0 saturated heterocycles. The first kappa shape index (κ1) is 25.4. The van der Waals surface area contributed by atoms with Crippen LogP contribution < -0.4 is 0 Å². The minimum absolute atomic E-state index is 0.206. The molecule has 4 rings (SSSR count). The Kier molecular flexibility index (Phi) is 9.99. The summed E-state index contributed by atoms with van der Waals surface area (Å²) in [4.78, 5) is 4.81. The molecular formula is C30H44N2O2. The highest BCUT2D eigenvalue weighted by molar-refractivity contribution is 5.29. The molecule has 2 aliphatic heterocycles. The molecule has 34 heavy (non-hydrogen) atoms. The summed E-state index contributed by atoms with van der Waals surface area (Å²) >= 11 is 0. The third kappa shape index (κ3) is 7.91. The molecule has 0 bridgehead atoms. The minimum atomic E-state index is -0.206. The van der Waals surface area contributed by atoms with Gasteiger partial charge in [-0.3, -0.25) is 9.80 Å². The lowest BCUT2D eigenvalue weighted by molar-refractivity contribution is 0.0952. The number of benzene rings is 2. The average molecular weight is 465 g/mol. The topological polar surface area (TPSA) is 46.9 Å². The van der Waals surface area contributed by atoms with Crippen molar-refractivity contribution < 1.29 is 10.2 Å². The highest BCUT2D eigenvalue weighted by Crippen LogP contribution is 2.21.